The standard InChI is InChI=1S/C17H18BrN5O3/c18-12-1-2-14-10(8-12)7-11(9-20-14)15(24)21-13-3-5-23(6-4-13)17(26)16(25)22-19/h1-2,7-9,13H,3-6,19H2,(H,21,24)(H,22,25). The van der Waals surface area contributed by atoms with Crippen molar-refractivity contribution in [2.24, 2.45) is 5.84 Å². The third-order valence-electron chi connectivity index (χ3n) is 4.35. The van der Waals surface area contributed by atoms with Crippen LogP contribution < -0.4 is 16.6 Å². The molecule has 2 aromatic rings. The third kappa shape index (κ3) is 4.00. The monoisotopic (exact) mass is 419 g/mol. The predicted octanol–water partition coefficient (Wildman–Crippen LogP) is 0.708. The highest BCUT2D eigenvalue weighted by atomic mass is 79.9. The Balaban J connectivity index is 1.61. The molecular weight excluding hydrogens is 402 g/mol. The van der Waals surface area contributed by atoms with E-state index >= 15 is 0 Å². The lowest BCUT2D eigenvalue weighted by Gasteiger charge is -2.31. The number of carbonyl (C=O) groups excluding carboxylic acids is 3. The number of fused-ring (bicyclic) bond motifs is 1. The molecule has 0 aliphatic carbocycles. The first-order valence-electron chi connectivity index (χ1n) is 8.14. The number of hydrogen-bond acceptors (Lipinski definition) is 5. The van der Waals surface area contributed by atoms with Gasteiger partial charge < -0.3 is 10.2 Å². The van der Waals surface area contributed by atoms with Gasteiger partial charge in [-0.2, -0.15) is 0 Å². The minimum absolute atomic E-state index is 0.0642. The number of rotatable bonds is 2. The van der Waals surface area contributed by atoms with Crippen LogP contribution in [-0.4, -0.2) is 46.7 Å². The zero-order valence-electron chi connectivity index (χ0n) is 13.9. The summed E-state index contributed by atoms with van der Waals surface area (Å²) in [6.07, 6.45) is 2.69. The van der Waals surface area contributed by atoms with Crippen molar-refractivity contribution < 1.29 is 14.4 Å². The van der Waals surface area contributed by atoms with E-state index in [9.17, 15) is 14.4 Å². The number of nitrogens with one attached hydrogen (secondary N) is 2. The second-order valence-corrected chi connectivity index (χ2v) is 6.99. The highest BCUT2D eigenvalue weighted by Crippen LogP contribution is 2.19. The van der Waals surface area contributed by atoms with Gasteiger partial charge in [-0.25, -0.2) is 5.84 Å². The van der Waals surface area contributed by atoms with Gasteiger partial charge in [0.05, 0.1) is 11.1 Å². The van der Waals surface area contributed by atoms with E-state index in [4.69, 9.17) is 5.84 Å². The van der Waals surface area contributed by atoms with Crippen molar-refractivity contribution in [2.75, 3.05) is 13.1 Å². The maximum Gasteiger partial charge on any atom is 0.323 e. The third-order valence-corrected chi connectivity index (χ3v) is 4.84. The molecule has 0 spiro atoms. The molecule has 0 atom stereocenters. The van der Waals surface area contributed by atoms with Gasteiger partial charge in [-0.1, -0.05) is 15.9 Å². The van der Waals surface area contributed by atoms with E-state index in [1.165, 1.54) is 4.90 Å². The molecule has 3 rings (SSSR count). The second kappa shape index (κ2) is 7.79. The van der Waals surface area contributed by atoms with Crippen molar-refractivity contribution in [1.82, 2.24) is 20.6 Å². The fourth-order valence-electron chi connectivity index (χ4n) is 2.93. The summed E-state index contributed by atoms with van der Waals surface area (Å²) in [5.74, 6) is 3.28. The largest absolute Gasteiger partial charge is 0.349 e. The number of pyridine rings is 1. The molecule has 9 heteroatoms. The van der Waals surface area contributed by atoms with Crippen LogP contribution in [0.15, 0.2) is 34.9 Å². The van der Waals surface area contributed by atoms with Crippen LogP contribution >= 0.6 is 15.9 Å². The van der Waals surface area contributed by atoms with E-state index in [0.717, 1.165) is 15.4 Å². The molecule has 4 N–H and O–H groups in total. The molecular formula is C17H18BrN5O3. The molecule has 0 radical (unpaired) electrons. The topological polar surface area (TPSA) is 117 Å². The number of hydrogen-bond donors (Lipinski definition) is 3. The molecule has 1 aliphatic rings. The van der Waals surface area contributed by atoms with Gasteiger partial charge >= 0.3 is 11.8 Å². The van der Waals surface area contributed by atoms with E-state index in [0.29, 0.717) is 31.5 Å². The molecule has 1 aromatic carbocycles. The predicted molar refractivity (Wildman–Crippen MR) is 98.8 cm³/mol. The van der Waals surface area contributed by atoms with Crippen LogP contribution in [0.25, 0.3) is 10.9 Å². The van der Waals surface area contributed by atoms with Crippen molar-refractivity contribution in [3.05, 3.63) is 40.5 Å². The van der Waals surface area contributed by atoms with Gasteiger partial charge in [0.2, 0.25) is 0 Å². The Kier molecular flexibility index (Phi) is 5.48. The number of benzene rings is 1. The molecule has 1 saturated heterocycles. The van der Waals surface area contributed by atoms with Gasteiger partial charge in [-0.15, -0.1) is 0 Å². The summed E-state index contributed by atoms with van der Waals surface area (Å²) in [6, 6.07) is 7.42. The molecule has 3 amide bonds. The SMILES string of the molecule is NNC(=O)C(=O)N1CCC(NC(=O)c2cnc3ccc(Br)cc3c2)CC1. The fraction of sp³-hybridized carbons (Fsp3) is 0.294. The second-order valence-electron chi connectivity index (χ2n) is 6.07. The Labute approximate surface area is 158 Å². The molecule has 26 heavy (non-hydrogen) atoms. The average Bonchev–Trinajstić information content (AvgIpc) is 2.66. The Bertz CT molecular complexity index is 865. The highest BCUT2D eigenvalue weighted by molar-refractivity contribution is 9.10. The molecule has 0 saturated carbocycles. The van der Waals surface area contributed by atoms with Gasteiger partial charge in [0.25, 0.3) is 5.91 Å². The van der Waals surface area contributed by atoms with Crippen LogP contribution in [0.1, 0.15) is 23.2 Å². The van der Waals surface area contributed by atoms with E-state index < -0.39 is 11.8 Å². The molecule has 8 nitrogen and oxygen atoms in total. The summed E-state index contributed by atoms with van der Waals surface area (Å²) in [7, 11) is 0. The van der Waals surface area contributed by atoms with E-state index in [1.54, 1.807) is 12.3 Å². The maximum atomic E-state index is 12.5. The molecule has 0 bridgehead atoms. The van der Waals surface area contributed by atoms with Crippen molar-refractivity contribution in [3.8, 4) is 0 Å². The van der Waals surface area contributed by atoms with Crippen LogP contribution in [0.5, 0.6) is 0 Å². The van der Waals surface area contributed by atoms with E-state index in [-0.39, 0.29) is 11.9 Å². The smallest absolute Gasteiger partial charge is 0.323 e. The average molecular weight is 420 g/mol. The Morgan fingerprint density at radius 2 is 1.92 bits per heavy atom. The summed E-state index contributed by atoms with van der Waals surface area (Å²) in [5.41, 5.74) is 3.13. The zero-order valence-corrected chi connectivity index (χ0v) is 15.5. The first-order valence-corrected chi connectivity index (χ1v) is 8.93. The molecule has 0 unspecified atom stereocenters. The van der Waals surface area contributed by atoms with Gasteiger partial charge in [0.1, 0.15) is 0 Å². The molecule has 2 heterocycles. The lowest BCUT2D eigenvalue weighted by atomic mass is 10.0. The summed E-state index contributed by atoms with van der Waals surface area (Å²) in [4.78, 5) is 41.3. The summed E-state index contributed by atoms with van der Waals surface area (Å²) in [6.45, 7) is 0.778. The lowest BCUT2D eigenvalue weighted by molar-refractivity contribution is -0.146. The van der Waals surface area contributed by atoms with E-state index in [1.807, 2.05) is 23.6 Å². The van der Waals surface area contributed by atoms with Crippen LogP contribution in [0.3, 0.4) is 0 Å². The molecule has 1 fully saturated rings. The van der Waals surface area contributed by atoms with E-state index in [2.05, 4.69) is 26.2 Å². The fourth-order valence-corrected chi connectivity index (χ4v) is 3.31. The Morgan fingerprint density at radius 1 is 1.19 bits per heavy atom. The zero-order chi connectivity index (χ0) is 18.7. The number of nitrogens with two attached hydrogens (primary N) is 1. The highest BCUT2D eigenvalue weighted by Gasteiger charge is 2.27. The quantitative estimate of drug-likeness (QED) is 0.286. The number of likely N-dealkylation sites (tertiary alicyclic amines) is 1. The van der Waals surface area contributed by atoms with Crippen molar-refractivity contribution in [1.29, 1.82) is 0 Å². The number of amides is 3. The first-order chi connectivity index (χ1) is 12.5. The van der Waals surface area contributed by atoms with Crippen molar-refractivity contribution in [2.45, 2.75) is 18.9 Å². The Hall–Kier alpha value is -2.52. The number of carbonyl (C=O) groups is 3. The van der Waals surface area contributed by atoms with Gasteiger partial charge in [0, 0.05) is 35.2 Å². The minimum atomic E-state index is -0.833. The summed E-state index contributed by atoms with van der Waals surface area (Å²) in [5, 5.41) is 3.84. The molecule has 1 aliphatic heterocycles. The number of hydrazine groups is 1. The van der Waals surface area contributed by atoms with Crippen LogP contribution in [0.2, 0.25) is 0 Å². The van der Waals surface area contributed by atoms with Gasteiger partial charge in [-0.05, 0) is 37.1 Å². The summed E-state index contributed by atoms with van der Waals surface area (Å²) >= 11 is 3.41. The first kappa shape index (κ1) is 18.3. The van der Waals surface area contributed by atoms with Crippen LogP contribution in [-0.2, 0) is 9.59 Å². The van der Waals surface area contributed by atoms with Crippen LogP contribution in [0.4, 0.5) is 0 Å². The van der Waals surface area contributed by atoms with Crippen LogP contribution in [0, 0.1) is 0 Å². The lowest BCUT2D eigenvalue weighted by Crippen LogP contribution is -2.51. The van der Waals surface area contributed by atoms with Gasteiger partial charge in [0.15, 0.2) is 0 Å². The number of halogens is 1. The number of piperidine rings is 1. The summed E-state index contributed by atoms with van der Waals surface area (Å²) < 4.78 is 0.919. The minimum Gasteiger partial charge on any atom is -0.349 e. The maximum absolute atomic E-state index is 12.5. The number of aromatic nitrogens is 1. The molecule has 1 aromatic heterocycles. The van der Waals surface area contributed by atoms with Crippen molar-refractivity contribution >= 4 is 44.6 Å². The van der Waals surface area contributed by atoms with Gasteiger partial charge in [-0.3, -0.25) is 24.8 Å². The molecule has 136 valence electrons. The Morgan fingerprint density at radius 3 is 2.62 bits per heavy atom. The van der Waals surface area contributed by atoms with Crippen molar-refractivity contribution in [3.63, 3.8) is 0 Å². The normalized spacial score (nSPS) is 14.9. The number of nitrogens with zero attached hydrogens (tertiary/aromatic N) is 2.